The lowest BCUT2D eigenvalue weighted by Crippen LogP contribution is -2.40. The molecule has 1 N–H and O–H groups in total. The van der Waals surface area contributed by atoms with Gasteiger partial charge >= 0.3 is 5.97 Å². The van der Waals surface area contributed by atoms with Crippen LogP contribution in [0.5, 0.6) is 0 Å². The number of carbonyl (C=O) groups is 1. The molecule has 0 bridgehead atoms. The van der Waals surface area contributed by atoms with Crippen LogP contribution in [-0.4, -0.2) is 41.3 Å². The zero-order chi connectivity index (χ0) is 16.5. The van der Waals surface area contributed by atoms with Crippen LogP contribution >= 0.6 is 0 Å². The zero-order valence-corrected chi connectivity index (χ0v) is 12.7. The Balaban J connectivity index is 2.55. The van der Waals surface area contributed by atoms with Crippen molar-refractivity contribution in [2.75, 3.05) is 6.54 Å². The Morgan fingerprint density at radius 2 is 2.18 bits per heavy atom. The lowest BCUT2D eigenvalue weighted by Gasteiger charge is -2.22. The van der Waals surface area contributed by atoms with Crippen molar-refractivity contribution in [1.82, 2.24) is 4.31 Å². The van der Waals surface area contributed by atoms with E-state index in [1.807, 2.05) is 0 Å². The molecule has 0 aromatic heterocycles. The van der Waals surface area contributed by atoms with Crippen molar-refractivity contribution in [2.45, 2.75) is 37.1 Å². The van der Waals surface area contributed by atoms with E-state index in [1.165, 1.54) is 12.1 Å². The molecule has 0 aliphatic carbocycles. The predicted molar refractivity (Wildman–Crippen MR) is 77.0 cm³/mol. The molecule has 0 unspecified atom stereocenters. The third kappa shape index (κ3) is 2.81. The molecule has 0 saturated carbocycles. The van der Waals surface area contributed by atoms with Gasteiger partial charge in [0.15, 0.2) is 0 Å². The van der Waals surface area contributed by atoms with E-state index in [0.29, 0.717) is 18.4 Å². The van der Waals surface area contributed by atoms with Crippen LogP contribution in [0.25, 0.3) is 0 Å². The van der Waals surface area contributed by atoms with E-state index in [9.17, 15) is 23.3 Å². The quantitative estimate of drug-likeness (QED) is 0.644. The van der Waals surface area contributed by atoms with Crippen molar-refractivity contribution in [3.05, 3.63) is 33.9 Å². The number of rotatable bonds is 5. The zero-order valence-electron chi connectivity index (χ0n) is 11.9. The van der Waals surface area contributed by atoms with Gasteiger partial charge in [0.25, 0.3) is 5.69 Å². The molecule has 22 heavy (non-hydrogen) atoms. The maximum atomic E-state index is 12.7. The first-order valence-corrected chi connectivity index (χ1v) is 8.25. The van der Waals surface area contributed by atoms with Crippen molar-refractivity contribution < 1.29 is 23.2 Å². The van der Waals surface area contributed by atoms with Crippen LogP contribution in [0.2, 0.25) is 0 Å². The highest BCUT2D eigenvalue weighted by atomic mass is 32.2. The van der Waals surface area contributed by atoms with Crippen LogP contribution in [0.3, 0.4) is 0 Å². The van der Waals surface area contributed by atoms with Crippen molar-refractivity contribution in [3.63, 3.8) is 0 Å². The van der Waals surface area contributed by atoms with Crippen molar-refractivity contribution in [3.8, 4) is 0 Å². The van der Waals surface area contributed by atoms with Gasteiger partial charge in [-0.15, -0.1) is 0 Å². The highest BCUT2D eigenvalue weighted by molar-refractivity contribution is 7.89. The van der Waals surface area contributed by atoms with Gasteiger partial charge in [0, 0.05) is 18.7 Å². The summed E-state index contributed by atoms with van der Waals surface area (Å²) >= 11 is 0. The van der Waals surface area contributed by atoms with E-state index >= 15 is 0 Å². The molecule has 1 atom stereocenters. The first-order valence-electron chi connectivity index (χ1n) is 6.81. The van der Waals surface area contributed by atoms with Crippen LogP contribution in [0, 0.1) is 10.1 Å². The molecule has 1 saturated heterocycles. The number of non-ortho nitro benzene ring substituents is 1. The topological polar surface area (TPSA) is 118 Å². The summed E-state index contributed by atoms with van der Waals surface area (Å²) in [5.41, 5.74) is 0.100. The van der Waals surface area contributed by atoms with Gasteiger partial charge in [0.05, 0.1) is 9.82 Å². The third-order valence-corrected chi connectivity index (χ3v) is 5.71. The van der Waals surface area contributed by atoms with E-state index in [0.717, 1.165) is 10.4 Å². The Labute approximate surface area is 127 Å². The SMILES string of the molecule is CCc1ccc([N+](=O)[O-])cc1S(=O)(=O)N1CCC[C@@H]1C(=O)O. The van der Waals surface area contributed by atoms with E-state index in [-0.39, 0.29) is 23.5 Å². The van der Waals surface area contributed by atoms with Crippen LogP contribution in [0.15, 0.2) is 23.1 Å². The fourth-order valence-electron chi connectivity index (χ4n) is 2.59. The molecule has 0 amide bonds. The second kappa shape index (κ2) is 6.01. The molecule has 1 fully saturated rings. The molecule has 0 radical (unpaired) electrons. The molecule has 1 aromatic carbocycles. The number of benzene rings is 1. The fraction of sp³-hybridized carbons (Fsp3) is 0.462. The maximum absolute atomic E-state index is 12.7. The van der Waals surface area contributed by atoms with Crippen molar-refractivity contribution >= 4 is 21.7 Å². The summed E-state index contributed by atoms with van der Waals surface area (Å²) in [6, 6.07) is 2.53. The van der Waals surface area contributed by atoms with Crippen LogP contribution in [0.4, 0.5) is 5.69 Å². The Bertz CT molecular complexity index is 715. The number of nitrogens with zero attached hydrogens (tertiary/aromatic N) is 2. The van der Waals surface area contributed by atoms with Gasteiger partial charge in [0.2, 0.25) is 10.0 Å². The molecule has 8 nitrogen and oxygen atoms in total. The molecule has 120 valence electrons. The first kappa shape index (κ1) is 16.4. The number of sulfonamides is 1. The predicted octanol–water partition coefficient (Wildman–Crippen LogP) is 1.39. The van der Waals surface area contributed by atoms with Crippen molar-refractivity contribution in [1.29, 1.82) is 0 Å². The van der Waals surface area contributed by atoms with Gasteiger partial charge < -0.3 is 5.11 Å². The summed E-state index contributed by atoms with van der Waals surface area (Å²) in [5, 5.41) is 20.0. The lowest BCUT2D eigenvalue weighted by atomic mass is 10.1. The number of carboxylic acids is 1. The summed E-state index contributed by atoms with van der Waals surface area (Å²) in [5.74, 6) is -1.20. The smallest absolute Gasteiger partial charge is 0.322 e. The average Bonchev–Trinajstić information content (AvgIpc) is 2.96. The number of nitro benzene ring substituents is 1. The second-order valence-electron chi connectivity index (χ2n) is 5.01. The van der Waals surface area contributed by atoms with Gasteiger partial charge in [-0.25, -0.2) is 8.42 Å². The fourth-order valence-corrected chi connectivity index (χ4v) is 4.56. The van der Waals surface area contributed by atoms with Gasteiger partial charge in [-0.05, 0) is 24.8 Å². The summed E-state index contributed by atoms with van der Waals surface area (Å²) in [4.78, 5) is 21.2. The van der Waals surface area contributed by atoms with E-state index in [4.69, 9.17) is 5.11 Å². The van der Waals surface area contributed by atoms with Crippen LogP contribution < -0.4 is 0 Å². The van der Waals surface area contributed by atoms with E-state index < -0.39 is 27.0 Å². The minimum atomic E-state index is -4.08. The van der Waals surface area contributed by atoms with Crippen molar-refractivity contribution in [2.24, 2.45) is 0 Å². The van der Waals surface area contributed by atoms with Gasteiger partial charge in [-0.3, -0.25) is 14.9 Å². The Hall–Kier alpha value is -2.00. The summed E-state index contributed by atoms with van der Waals surface area (Å²) in [6.07, 6.45) is 1.07. The number of aliphatic carboxylic acids is 1. The highest BCUT2D eigenvalue weighted by Crippen LogP contribution is 2.30. The van der Waals surface area contributed by atoms with Gasteiger partial charge in [-0.2, -0.15) is 4.31 Å². The minimum Gasteiger partial charge on any atom is -0.480 e. The third-order valence-electron chi connectivity index (χ3n) is 3.72. The van der Waals surface area contributed by atoms with Crippen LogP contribution in [-0.2, 0) is 21.2 Å². The summed E-state index contributed by atoms with van der Waals surface area (Å²) in [6.45, 7) is 1.84. The number of carboxylic acid groups (broad SMARTS) is 1. The van der Waals surface area contributed by atoms with E-state index in [2.05, 4.69) is 0 Å². The number of hydrogen-bond donors (Lipinski definition) is 1. The maximum Gasteiger partial charge on any atom is 0.322 e. The molecule has 0 spiro atoms. The number of aryl methyl sites for hydroxylation is 1. The number of hydrogen-bond acceptors (Lipinski definition) is 5. The number of nitro groups is 1. The first-order chi connectivity index (χ1) is 10.3. The molecule has 2 rings (SSSR count). The molecule has 1 aliphatic rings. The Morgan fingerprint density at radius 1 is 1.50 bits per heavy atom. The van der Waals surface area contributed by atoms with E-state index in [1.54, 1.807) is 6.92 Å². The second-order valence-corrected chi connectivity index (χ2v) is 6.87. The average molecular weight is 328 g/mol. The molecule has 1 heterocycles. The molecule has 1 aromatic rings. The Morgan fingerprint density at radius 3 is 2.73 bits per heavy atom. The molecular weight excluding hydrogens is 312 g/mol. The van der Waals surface area contributed by atoms with Gasteiger partial charge in [0.1, 0.15) is 6.04 Å². The largest absolute Gasteiger partial charge is 0.480 e. The summed E-state index contributed by atoms with van der Waals surface area (Å²) < 4.78 is 26.4. The minimum absolute atomic E-state index is 0.102. The Kier molecular flexibility index (Phi) is 4.47. The normalized spacial score (nSPS) is 19.2. The lowest BCUT2D eigenvalue weighted by molar-refractivity contribution is -0.385. The van der Waals surface area contributed by atoms with Crippen LogP contribution in [0.1, 0.15) is 25.3 Å². The molecule has 1 aliphatic heterocycles. The highest BCUT2D eigenvalue weighted by Gasteiger charge is 2.40. The van der Waals surface area contributed by atoms with Gasteiger partial charge in [-0.1, -0.05) is 13.0 Å². The standard InChI is InChI=1S/C13H16N2O6S/c1-2-9-5-6-10(15(18)19)8-12(9)22(20,21)14-7-3-4-11(14)13(16)17/h5-6,8,11H,2-4,7H2,1H3,(H,16,17)/t11-/m1/s1. The molecular formula is C13H16N2O6S. The molecule has 9 heteroatoms. The summed E-state index contributed by atoms with van der Waals surface area (Å²) in [7, 11) is -4.08. The monoisotopic (exact) mass is 328 g/mol.